The summed E-state index contributed by atoms with van der Waals surface area (Å²) in [5, 5.41) is 20.6. The molecule has 3 aliphatic heterocycles. The predicted octanol–water partition coefficient (Wildman–Crippen LogP) is 12.2. The van der Waals surface area contributed by atoms with E-state index in [1.165, 1.54) is 19.3 Å². The number of carboxylic acid groups (broad SMARTS) is 1. The van der Waals surface area contributed by atoms with Crippen LogP contribution in [0.5, 0.6) is 0 Å². The molecule has 5 heterocycles. The number of rotatable bonds is 11. The van der Waals surface area contributed by atoms with Gasteiger partial charge in [-0.05, 0) is 194 Å². The quantitative estimate of drug-likeness (QED) is 0.0661. The van der Waals surface area contributed by atoms with Crippen LogP contribution < -0.4 is 41.7 Å². The van der Waals surface area contributed by atoms with Crippen LogP contribution in [-0.2, 0) is 9.47 Å². The molecule has 0 bridgehead atoms. The zero-order chi connectivity index (χ0) is 59.1. The third kappa shape index (κ3) is 17.4. The Morgan fingerprint density at radius 2 is 0.964 bits per heavy atom. The Balaban J connectivity index is 0.000000182. The number of amides is 4. The summed E-state index contributed by atoms with van der Waals surface area (Å²) in [5.41, 5.74) is 12.9. The summed E-state index contributed by atoms with van der Waals surface area (Å²) in [6, 6.07) is 40.0. The monoisotopic (exact) mass is 1130 g/mol. The SMILES string of the molecule is CC(C)(C)OC(=O)Nc1ccc(-c2ccco2)cc1NC(=O)c1ccc(N2CCN(C(=O)OC(C)(C)C)CC2)cc1.Nc1ccc(-c2ccco2)cc1NC(=O)c1ccc(N2CCNCC2)cc1.O=C(O)c1ccc(N2CCCCC2)cc1. The van der Waals surface area contributed by atoms with Gasteiger partial charge >= 0.3 is 18.2 Å². The van der Waals surface area contributed by atoms with Crippen LogP contribution in [0.3, 0.4) is 0 Å². The van der Waals surface area contributed by atoms with Crippen LogP contribution in [0, 0.1) is 0 Å². The number of nitrogens with zero attached hydrogens (tertiary/aromatic N) is 4. The molecule has 4 amide bonds. The van der Waals surface area contributed by atoms with Gasteiger partial charge in [0.1, 0.15) is 22.7 Å². The summed E-state index contributed by atoms with van der Waals surface area (Å²) in [7, 11) is 0. The number of hydrogen-bond donors (Lipinski definition) is 6. The van der Waals surface area contributed by atoms with E-state index in [9.17, 15) is 24.0 Å². The van der Waals surface area contributed by atoms with E-state index in [2.05, 4.69) is 36.0 Å². The second-order valence-electron chi connectivity index (χ2n) is 22.2. The molecule has 0 radical (unpaired) electrons. The molecule has 0 aliphatic carbocycles. The van der Waals surface area contributed by atoms with Gasteiger partial charge in [0.25, 0.3) is 11.8 Å². The van der Waals surface area contributed by atoms with Crippen LogP contribution in [0.2, 0.25) is 0 Å². The van der Waals surface area contributed by atoms with E-state index in [1.807, 2.05) is 99.6 Å². The molecule has 7 aromatic rings. The van der Waals surface area contributed by atoms with E-state index in [1.54, 1.807) is 92.8 Å². The van der Waals surface area contributed by atoms with Gasteiger partial charge in [-0.2, -0.15) is 0 Å². The van der Waals surface area contributed by atoms with E-state index in [0.717, 1.165) is 73.2 Å². The summed E-state index contributed by atoms with van der Waals surface area (Å²) < 4.78 is 21.8. The molecule has 19 heteroatoms. The van der Waals surface area contributed by atoms with Crippen LogP contribution in [0.25, 0.3) is 22.6 Å². The lowest BCUT2D eigenvalue weighted by molar-refractivity contribution is 0.0240. The number of furan rings is 2. The van der Waals surface area contributed by atoms with E-state index >= 15 is 0 Å². The van der Waals surface area contributed by atoms with E-state index < -0.39 is 23.3 Å². The van der Waals surface area contributed by atoms with Gasteiger partial charge < -0.3 is 64.7 Å². The first kappa shape index (κ1) is 59.9. The van der Waals surface area contributed by atoms with Crippen molar-refractivity contribution < 1.29 is 47.4 Å². The van der Waals surface area contributed by atoms with Gasteiger partial charge in [-0.1, -0.05) is 0 Å². The highest BCUT2D eigenvalue weighted by atomic mass is 16.6. The molecule has 83 heavy (non-hydrogen) atoms. The minimum absolute atomic E-state index is 0.190. The topological polar surface area (TPSA) is 237 Å². The van der Waals surface area contributed by atoms with E-state index in [4.69, 9.17) is 29.1 Å². The maximum Gasteiger partial charge on any atom is 0.412 e. The lowest BCUT2D eigenvalue weighted by Gasteiger charge is -2.36. The van der Waals surface area contributed by atoms with Crippen LogP contribution in [0.15, 0.2) is 155 Å². The van der Waals surface area contributed by atoms with Crippen LogP contribution in [0.4, 0.5) is 49.4 Å². The van der Waals surface area contributed by atoms with Gasteiger partial charge in [0, 0.05) is 105 Å². The van der Waals surface area contributed by atoms with Crippen molar-refractivity contribution in [1.29, 1.82) is 0 Å². The Bertz CT molecular complexity index is 3260. The minimum atomic E-state index is -0.861. The number of ether oxygens (including phenoxy) is 2. The molecule has 10 rings (SSSR count). The van der Waals surface area contributed by atoms with Gasteiger partial charge in [0.15, 0.2) is 0 Å². The van der Waals surface area contributed by atoms with E-state index in [-0.39, 0.29) is 17.9 Å². The number of piperazine rings is 2. The minimum Gasteiger partial charge on any atom is -0.478 e. The Labute approximate surface area is 484 Å². The van der Waals surface area contributed by atoms with Gasteiger partial charge in [-0.25, -0.2) is 14.4 Å². The standard InChI is InChI=1S/C31H38N4O6.C21H22N4O2.C12H15NO2/c1-30(2,3)40-28(37)33-24-14-11-22(26-8-7-19-39-26)20-25(24)32-27(36)21-9-12-23(13-10-21)34-15-17-35(18-16-34)29(38)41-31(4,5)6;22-18-8-5-16(20-2-1-13-27-20)14-19(18)24-21(26)15-3-6-17(7-4-15)25-11-9-23-10-12-25;14-12(15)10-4-6-11(7-5-10)13-8-2-1-3-9-13/h7-14,19-20H,15-18H2,1-6H3,(H,32,36)(H,33,37);1-8,13-14,23H,9-12,22H2,(H,24,26);4-7H,1-3,8-9H2,(H,14,15). The van der Waals surface area contributed by atoms with Crippen molar-refractivity contribution in [2.24, 2.45) is 0 Å². The average molecular weight is 1130 g/mol. The number of hydrogen-bond acceptors (Lipinski definition) is 14. The third-order valence-corrected chi connectivity index (χ3v) is 13.7. The molecule has 436 valence electrons. The number of nitrogens with one attached hydrogen (secondary N) is 4. The summed E-state index contributed by atoms with van der Waals surface area (Å²) in [4.78, 5) is 69.9. The molecule has 3 saturated heterocycles. The Hall–Kier alpha value is -9.23. The predicted molar refractivity (Wildman–Crippen MR) is 326 cm³/mol. The molecule has 2 aromatic heterocycles. The first-order chi connectivity index (χ1) is 39.7. The maximum absolute atomic E-state index is 13.2. The van der Waals surface area contributed by atoms with Crippen molar-refractivity contribution in [3.8, 4) is 22.6 Å². The highest BCUT2D eigenvalue weighted by Crippen LogP contribution is 2.32. The summed E-state index contributed by atoms with van der Waals surface area (Å²) in [6.07, 6.45) is 6.03. The first-order valence-electron chi connectivity index (χ1n) is 28.0. The molecular weight excluding hydrogens is 1050 g/mol. The summed E-state index contributed by atoms with van der Waals surface area (Å²) in [6.45, 7) is 19.4. The van der Waals surface area contributed by atoms with Crippen molar-refractivity contribution in [2.75, 3.05) is 102 Å². The van der Waals surface area contributed by atoms with Gasteiger partial charge in [-0.3, -0.25) is 14.9 Å². The summed E-state index contributed by atoms with van der Waals surface area (Å²) in [5.74, 6) is -0.0354. The zero-order valence-corrected chi connectivity index (χ0v) is 48.0. The molecule has 7 N–H and O–H groups in total. The van der Waals surface area contributed by atoms with Crippen LogP contribution >= 0.6 is 0 Å². The number of carbonyl (C=O) groups excluding carboxylic acids is 4. The number of piperidine rings is 1. The molecule has 3 fully saturated rings. The van der Waals surface area contributed by atoms with Crippen molar-refractivity contribution in [3.05, 3.63) is 163 Å². The number of anilines is 7. The number of nitrogen functional groups attached to an aromatic ring is 1. The first-order valence-corrected chi connectivity index (χ1v) is 28.0. The molecule has 5 aromatic carbocycles. The molecule has 0 unspecified atom stereocenters. The number of benzene rings is 5. The normalized spacial score (nSPS) is 14.4. The fourth-order valence-electron chi connectivity index (χ4n) is 9.43. The fourth-order valence-corrected chi connectivity index (χ4v) is 9.43. The fraction of sp³-hybridized carbons (Fsp3) is 0.328. The zero-order valence-electron chi connectivity index (χ0n) is 48.0. The lowest BCUT2D eigenvalue weighted by Crippen LogP contribution is -2.50. The smallest absolute Gasteiger partial charge is 0.412 e. The molecular formula is C64H75N9O10. The van der Waals surface area contributed by atoms with Gasteiger partial charge in [0.05, 0.1) is 40.8 Å². The van der Waals surface area contributed by atoms with Gasteiger partial charge in [-0.15, -0.1) is 0 Å². The number of aromatic carboxylic acids is 1. The van der Waals surface area contributed by atoms with Crippen molar-refractivity contribution in [1.82, 2.24) is 10.2 Å². The largest absolute Gasteiger partial charge is 0.478 e. The highest BCUT2D eigenvalue weighted by molar-refractivity contribution is 6.08. The summed E-state index contributed by atoms with van der Waals surface area (Å²) >= 11 is 0. The van der Waals surface area contributed by atoms with E-state index in [0.29, 0.717) is 71.4 Å². The molecule has 19 nitrogen and oxygen atoms in total. The number of carboxylic acids is 1. The van der Waals surface area contributed by atoms with Crippen molar-refractivity contribution >= 4 is 69.8 Å². The maximum atomic E-state index is 13.2. The molecule has 0 spiro atoms. The Morgan fingerprint density at radius 1 is 0.506 bits per heavy atom. The Kier molecular flexibility index (Phi) is 19.8. The van der Waals surface area contributed by atoms with Crippen molar-refractivity contribution in [3.63, 3.8) is 0 Å². The van der Waals surface area contributed by atoms with Crippen molar-refractivity contribution in [2.45, 2.75) is 72.0 Å². The Morgan fingerprint density at radius 3 is 1.45 bits per heavy atom. The average Bonchev–Trinajstić information content (AvgIpc) is 4.35. The highest BCUT2D eigenvalue weighted by Gasteiger charge is 2.27. The number of carbonyl (C=O) groups is 5. The third-order valence-electron chi connectivity index (χ3n) is 13.7. The lowest BCUT2D eigenvalue weighted by atomic mass is 10.1. The molecule has 0 atom stereocenters. The second kappa shape index (κ2) is 27.5. The van der Waals surface area contributed by atoms with Gasteiger partial charge in [0.2, 0.25) is 0 Å². The number of nitrogens with two attached hydrogens (primary N) is 1. The second-order valence-corrected chi connectivity index (χ2v) is 22.2. The molecule has 3 aliphatic rings. The van der Waals surface area contributed by atoms with Crippen LogP contribution in [0.1, 0.15) is 91.9 Å². The van der Waals surface area contributed by atoms with Crippen LogP contribution in [-0.4, -0.2) is 117 Å². The molecule has 0 saturated carbocycles.